The van der Waals surface area contributed by atoms with E-state index in [0.29, 0.717) is 23.8 Å². The fourth-order valence-electron chi connectivity index (χ4n) is 2.58. The predicted molar refractivity (Wildman–Crippen MR) is 120 cm³/mol. The number of anilines is 1. The Morgan fingerprint density at radius 3 is 2.43 bits per heavy atom. The van der Waals surface area contributed by atoms with Gasteiger partial charge in [0.1, 0.15) is 6.61 Å². The number of benzene rings is 3. The van der Waals surface area contributed by atoms with Gasteiger partial charge in [-0.05, 0) is 63.5 Å². The number of hydrogen-bond acceptors (Lipinski definition) is 6. The molecule has 7 nitrogen and oxygen atoms in total. The topological polar surface area (TPSA) is 103 Å². The van der Waals surface area contributed by atoms with Crippen molar-refractivity contribution in [3.63, 3.8) is 0 Å². The summed E-state index contributed by atoms with van der Waals surface area (Å²) < 4.78 is 34.7. The van der Waals surface area contributed by atoms with Gasteiger partial charge in [0, 0.05) is 0 Å². The number of primary sulfonamides is 1. The van der Waals surface area contributed by atoms with Crippen LogP contribution in [0.25, 0.3) is 0 Å². The third-order valence-corrected chi connectivity index (χ3v) is 5.59. The van der Waals surface area contributed by atoms with Gasteiger partial charge in [-0.1, -0.05) is 30.3 Å². The van der Waals surface area contributed by atoms with Gasteiger partial charge in [-0.2, -0.15) is 5.10 Å². The van der Waals surface area contributed by atoms with E-state index in [2.05, 4.69) is 26.5 Å². The van der Waals surface area contributed by atoms with Crippen molar-refractivity contribution in [3.05, 3.63) is 82.3 Å². The number of hydrogen-bond donors (Lipinski definition) is 2. The number of sulfonamides is 1. The third kappa shape index (κ3) is 5.82. The lowest BCUT2D eigenvalue weighted by atomic mass is 10.2. The molecule has 3 rings (SSSR count). The Morgan fingerprint density at radius 1 is 1.10 bits per heavy atom. The summed E-state index contributed by atoms with van der Waals surface area (Å²) in [5.74, 6) is 1.17. The van der Waals surface area contributed by atoms with Crippen molar-refractivity contribution in [2.75, 3.05) is 12.5 Å². The highest BCUT2D eigenvalue weighted by Crippen LogP contribution is 2.36. The first-order chi connectivity index (χ1) is 14.4. The lowest BCUT2D eigenvalue weighted by Crippen LogP contribution is -2.11. The molecule has 0 radical (unpaired) electrons. The van der Waals surface area contributed by atoms with Crippen LogP contribution in [0.2, 0.25) is 0 Å². The highest BCUT2D eigenvalue weighted by molar-refractivity contribution is 9.10. The minimum absolute atomic E-state index is 0.0387. The maximum absolute atomic E-state index is 11.3. The molecule has 0 aliphatic heterocycles. The average molecular weight is 490 g/mol. The zero-order valence-electron chi connectivity index (χ0n) is 16.1. The molecule has 0 saturated carbocycles. The van der Waals surface area contributed by atoms with E-state index in [0.717, 1.165) is 15.6 Å². The highest BCUT2D eigenvalue weighted by Gasteiger charge is 2.11. The fraction of sp³-hybridized carbons (Fsp3) is 0.0952. The minimum atomic E-state index is -3.72. The van der Waals surface area contributed by atoms with Gasteiger partial charge in [0.2, 0.25) is 10.0 Å². The van der Waals surface area contributed by atoms with E-state index < -0.39 is 10.0 Å². The Bertz CT molecular complexity index is 1130. The van der Waals surface area contributed by atoms with Crippen molar-refractivity contribution in [2.45, 2.75) is 11.5 Å². The Morgan fingerprint density at radius 2 is 1.80 bits per heavy atom. The largest absolute Gasteiger partial charge is 0.493 e. The van der Waals surface area contributed by atoms with Gasteiger partial charge in [0.05, 0.1) is 28.4 Å². The molecule has 9 heteroatoms. The minimum Gasteiger partial charge on any atom is -0.493 e. The molecule has 0 unspecified atom stereocenters. The first kappa shape index (κ1) is 21.8. The molecular formula is C21H20BrN3O4S. The highest BCUT2D eigenvalue weighted by atomic mass is 79.9. The third-order valence-electron chi connectivity index (χ3n) is 4.07. The second-order valence-corrected chi connectivity index (χ2v) is 8.66. The van der Waals surface area contributed by atoms with E-state index >= 15 is 0 Å². The number of hydrazone groups is 1. The summed E-state index contributed by atoms with van der Waals surface area (Å²) >= 11 is 3.52. The second kappa shape index (κ2) is 9.75. The SMILES string of the molecule is COc1cc(/C=N/Nc2ccc(S(N)(=O)=O)cc2)cc(Br)c1OCc1ccccc1. The van der Waals surface area contributed by atoms with Crippen LogP contribution in [0.3, 0.4) is 0 Å². The van der Waals surface area contributed by atoms with Crippen LogP contribution >= 0.6 is 15.9 Å². The van der Waals surface area contributed by atoms with Crippen LogP contribution in [-0.2, 0) is 16.6 Å². The molecule has 3 aromatic rings. The van der Waals surface area contributed by atoms with Gasteiger partial charge < -0.3 is 9.47 Å². The molecule has 3 aromatic carbocycles. The maximum atomic E-state index is 11.3. The fourth-order valence-corrected chi connectivity index (χ4v) is 3.67. The van der Waals surface area contributed by atoms with Gasteiger partial charge in [0.25, 0.3) is 0 Å². The number of nitrogens with one attached hydrogen (secondary N) is 1. The quantitative estimate of drug-likeness (QED) is 0.365. The molecule has 3 N–H and O–H groups in total. The van der Waals surface area contributed by atoms with Crippen molar-refractivity contribution in [3.8, 4) is 11.5 Å². The Balaban J connectivity index is 1.69. The number of nitrogens with zero attached hydrogens (tertiary/aromatic N) is 1. The summed E-state index contributed by atoms with van der Waals surface area (Å²) in [4.78, 5) is 0.0387. The molecule has 0 spiro atoms. The number of nitrogens with two attached hydrogens (primary N) is 1. The number of methoxy groups -OCH3 is 1. The summed E-state index contributed by atoms with van der Waals surface area (Å²) in [6, 6.07) is 19.5. The van der Waals surface area contributed by atoms with E-state index in [9.17, 15) is 8.42 Å². The second-order valence-electron chi connectivity index (χ2n) is 6.25. The molecule has 0 fully saturated rings. The van der Waals surface area contributed by atoms with E-state index in [-0.39, 0.29) is 4.90 Å². The van der Waals surface area contributed by atoms with E-state index in [1.165, 1.54) is 12.1 Å². The summed E-state index contributed by atoms with van der Waals surface area (Å²) in [5.41, 5.74) is 5.28. The molecule has 156 valence electrons. The number of ether oxygens (including phenoxy) is 2. The van der Waals surface area contributed by atoms with E-state index in [4.69, 9.17) is 14.6 Å². The van der Waals surface area contributed by atoms with Crippen molar-refractivity contribution in [2.24, 2.45) is 10.2 Å². The van der Waals surface area contributed by atoms with E-state index in [1.54, 1.807) is 31.5 Å². The first-order valence-electron chi connectivity index (χ1n) is 8.83. The van der Waals surface area contributed by atoms with Gasteiger partial charge in [-0.15, -0.1) is 0 Å². The van der Waals surface area contributed by atoms with Crippen LogP contribution in [0.15, 0.2) is 81.2 Å². The Hall–Kier alpha value is -2.88. The lowest BCUT2D eigenvalue weighted by molar-refractivity contribution is 0.282. The summed E-state index contributed by atoms with van der Waals surface area (Å²) in [6.45, 7) is 0.416. The van der Waals surface area contributed by atoms with Crippen LogP contribution in [0.1, 0.15) is 11.1 Å². The average Bonchev–Trinajstić information content (AvgIpc) is 2.73. The summed E-state index contributed by atoms with van der Waals surface area (Å²) in [7, 11) is -2.15. The lowest BCUT2D eigenvalue weighted by Gasteiger charge is -2.13. The molecule has 0 aliphatic carbocycles. The van der Waals surface area contributed by atoms with Gasteiger partial charge in [-0.25, -0.2) is 13.6 Å². The molecule has 0 heterocycles. The zero-order chi connectivity index (χ0) is 21.6. The smallest absolute Gasteiger partial charge is 0.238 e. The van der Waals surface area contributed by atoms with Crippen LogP contribution in [0.4, 0.5) is 5.69 Å². The molecule has 30 heavy (non-hydrogen) atoms. The van der Waals surface area contributed by atoms with Crippen LogP contribution in [0, 0.1) is 0 Å². The number of rotatable bonds is 8. The molecule has 0 atom stereocenters. The van der Waals surface area contributed by atoms with Crippen molar-refractivity contribution >= 4 is 37.9 Å². The molecule has 0 aromatic heterocycles. The van der Waals surface area contributed by atoms with Crippen molar-refractivity contribution in [1.82, 2.24) is 0 Å². The van der Waals surface area contributed by atoms with Crippen LogP contribution < -0.4 is 20.0 Å². The van der Waals surface area contributed by atoms with Gasteiger partial charge in [-0.3, -0.25) is 5.43 Å². The van der Waals surface area contributed by atoms with Crippen molar-refractivity contribution in [1.29, 1.82) is 0 Å². The molecule has 0 amide bonds. The maximum Gasteiger partial charge on any atom is 0.238 e. The predicted octanol–water partition coefficient (Wildman–Crippen LogP) is 4.13. The zero-order valence-corrected chi connectivity index (χ0v) is 18.5. The van der Waals surface area contributed by atoms with Gasteiger partial charge in [0.15, 0.2) is 11.5 Å². The first-order valence-corrected chi connectivity index (χ1v) is 11.2. The van der Waals surface area contributed by atoms with Crippen LogP contribution in [0.5, 0.6) is 11.5 Å². The summed E-state index contributed by atoms with van der Waals surface area (Å²) in [5, 5.41) is 9.26. The Kier molecular flexibility index (Phi) is 7.09. The molecule has 0 saturated heterocycles. The van der Waals surface area contributed by atoms with Crippen molar-refractivity contribution < 1.29 is 17.9 Å². The molecule has 0 bridgehead atoms. The molecular weight excluding hydrogens is 470 g/mol. The number of halogens is 1. The van der Waals surface area contributed by atoms with E-state index in [1.807, 2.05) is 36.4 Å². The summed E-state index contributed by atoms with van der Waals surface area (Å²) in [6.07, 6.45) is 1.61. The van der Waals surface area contributed by atoms with Crippen LogP contribution in [-0.4, -0.2) is 21.7 Å². The monoisotopic (exact) mass is 489 g/mol. The normalized spacial score (nSPS) is 11.4. The molecule has 0 aliphatic rings. The Labute approximate surface area is 183 Å². The standard InChI is InChI=1S/C21H20BrN3O4S/c1-28-20-12-16(11-19(22)21(20)29-14-15-5-3-2-4-6-15)13-24-25-17-7-9-18(10-8-17)30(23,26)27/h2-13,25H,14H2,1H3,(H2,23,26,27)/b24-13+. The van der Waals surface area contributed by atoms with Gasteiger partial charge >= 0.3 is 0 Å².